The molecule has 0 aliphatic heterocycles. The summed E-state index contributed by atoms with van der Waals surface area (Å²) in [6, 6.07) is 5.97. The molecule has 4 nitrogen and oxygen atoms in total. The number of pyridine rings is 1. The van der Waals surface area contributed by atoms with Gasteiger partial charge < -0.3 is 15.2 Å². The third-order valence-corrected chi connectivity index (χ3v) is 3.17. The van der Waals surface area contributed by atoms with Crippen LogP contribution in [0, 0.1) is 5.92 Å². The smallest absolute Gasteiger partial charge is 0.0898 e. The highest BCUT2D eigenvalue weighted by molar-refractivity contribution is 5.07. The fourth-order valence-electron chi connectivity index (χ4n) is 2.12. The van der Waals surface area contributed by atoms with E-state index in [9.17, 15) is 5.11 Å². The van der Waals surface area contributed by atoms with Crippen molar-refractivity contribution in [2.75, 3.05) is 13.2 Å². The molecule has 2 N–H and O–H groups in total. The predicted octanol–water partition coefficient (Wildman–Crippen LogP) is 2.54. The Morgan fingerprint density at radius 2 is 2.00 bits per heavy atom. The van der Waals surface area contributed by atoms with Crippen molar-refractivity contribution in [2.24, 2.45) is 5.92 Å². The van der Waals surface area contributed by atoms with Gasteiger partial charge in [-0.1, -0.05) is 19.9 Å². The second-order valence-corrected chi connectivity index (χ2v) is 5.81. The molecule has 0 bridgehead atoms. The summed E-state index contributed by atoms with van der Waals surface area (Å²) in [5, 5.41) is 13.2. The van der Waals surface area contributed by atoms with Crippen LogP contribution in [0.3, 0.4) is 0 Å². The molecule has 0 fully saturated rings. The highest BCUT2D eigenvalue weighted by atomic mass is 16.5. The summed E-state index contributed by atoms with van der Waals surface area (Å²) in [7, 11) is 0. The molecule has 4 heteroatoms. The average Bonchev–Trinajstić information content (AvgIpc) is 2.42. The van der Waals surface area contributed by atoms with Crippen LogP contribution in [0.5, 0.6) is 0 Å². The summed E-state index contributed by atoms with van der Waals surface area (Å²) >= 11 is 0. The van der Waals surface area contributed by atoms with E-state index in [0.717, 1.165) is 12.1 Å². The lowest BCUT2D eigenvalue weighted by Gasteiger charge is -2.20. The Kier molecular flexibility index (Phi) is 7.73. The molecule has 114 valence electrons. The highest BCUT2D eigenvalue weighted by Crippen LogP contribution is 2.09. The van der Waals surface area contributed by atoms with E-state index in [2.05, 4.69) is 31.1 Å². The first-order valence-corrected chi connectivity index (χ1v) is 7.43. The van der Waals surface area contributed by atoms with Crippen LogP contribution in [0.4, 0.5) is 0 Å². The Morgan fingerprint density at radius 3 is 2.60 bits per heavy atom. The summed E-state index contributed by atoms with van der Waals surface area (Å²) in [6.45, 7) is 9.31. The summed E-state index contributed by atoms with van der Waals surface area (Å²) in [5.41, 5.74) is 0.980. The Hall–Kier alpha value is -0.970. The van der Waals surface area contributed by atoms with Gasteiger partial charge in [-0.25, -0.2) is 0 Å². The van der Waals surface area contributed by atoms with Crippen molar-refractivity contribution in [2.45, 2.75) is 52.4 Å². The van der Waals surface area contributed by atoms with Crippen LogP contribution in [0.1, 0.15) is 45.9 Å². The van der Waals surface area contributed by atoms with Crippen molar-refractivity contribution < 1.29 is 9.84 Å². The maximum absolute atomic E-state index is 9.92. The van der Waals surface area contributed by atoms with Gasteiger partial charge in [0.2, 0.25) is 0 Å². The van der Waals surface area contributed by atoms with Crippen molar-refractivity contribution >= 4 is 0 Å². The van der Waals surface area contributed by atoms with Gasteiger partial charge in [-0.05, 0) is 38.3 Å². The third kappa shape index (κ3) is 6.98. The molecule has 20 heavy (non-hydrogen) atoms. The molecular formula is C16H28N2O2. The normalized spacial score (nSPS) is 16.1. The number of aromatic nitrogens is 1. The van der Waals surface area contributed by atoms with Gasteiger partial charge in [0.05, 0.1) is 24.5 Å². The van der Waals surface area contributed by atoms with Gasteiger partial charge in [0, 0.05) is 18.8 Å². The molecule has 0 aromatic carbocycles. The lowest BCUT2D eigenvalue weighted by molar-refractivity contribution is -0.00917. The summed E-state index contributed by atoms with van der Waals surface area (Å²) < 4.78 is 5.65. The molecule has 0 radical (unpaired) electrons. The monoisotopic (exact) mass is 280 g/mol. The van der Waals surface area contributed by atoms with E-state index in [0.29, 0.717) is 19.1 Å². The van der Waals surface area contributed by atoms with Gasteiger partial charge in [0.15, 0.2) is 0 Å². The van der Waals surface area contributed by atoms with E-state index in [1.165, 1.54) is 0 Å². The molecule has 3 unspecified atom stereocenters. The zero-order chi connectivity index (χ0) is 15.0. The van der Waals surface area contributed by atoms with Gasteiger partial charge in [0.1, 0.15) is 0 Å². The molecule has 1 rings (SSSR count). The molecule has 0 aliphatic carbocycles. The van der Waals surface area contributed by atoms with Crippen molar-refractivity contribution in [3.05, 3.63) is 30.1 Å². The van der Waals surface area contributed by atoms with E-state index < -0.39 is 6.10 Å². The first-order valence-electron chi connectivity index (χ1n) is 7.43. The Bertz CT molecular complexity index is 357. The third-order valence-electron chi connectivity index (χ3n) is 3.17. The van der Waals surface area contributed by atoms with Gasteiger partial charge in [-0.2, -0.15) is 0 Å². The lowest BCUT2D eigenvalue weighted by atomic mass is 10.1. The zero-order valence-electron chi connectivity index (χ0n) is 13.0. The maximum atomic E-state index is 9.92. The van der Waals surface area contributed by atoms with Crippen molar-refractivity contribution in [1.29, 1.82) is 0 Å². The largest absolute Gasteiger partial charge is 0.389 e. The number of aliphatic hydroxyl groups excluding tert-OH is 1. The van der Waals surface area contributed by atoms with Crippen LogP contribution in [-0.2, 0) is 4.74 Å². The molecule has 1 aromatic rings. The molecule has 3 atom stereocenters. The maximum Gasteiger partial charge on any atom is 0.0898 e. The van der Waals surface area contributed by atoms with Crippen LogP contribution in [0.15, 0.2) is 24.4 Å². The van der Waals surface area contributed by atoms with Crippen LogP contribution in [-0.4, -0.2) is 35.5 Å². The molecular weight excluding hydrogens is 252 g/mol. The molecule has 1 aromatic heterocycles. The SMILES string of the molecule is CC(C)CC(C)OCC(O)CNC(C)c1ccccn1. The first-order chi connectivity index (χ1) is 9.49. The number of rotatable bonds is 9. The minimum Gasteiger partial charge on any atom is -0.389 e. The average molecular weight is 280 g/mol. The molecule has 0 amide bonds. The minimum atomic E-state index is -0.490. The van der Waals surface area contributed by atoms with Gasteiger partial charge >= 0.3 is 0 Å². The van der Waals surface area contributed by atoms with E-state index >= 15 is 0 Å². The molecule has 0 saturated carbocycles. The van der Waals surface area contributed by atoms with Gasteiger partial charge in [-0.15, -0.1) is 0 Å². The van der Waals surface area contributed by atoms with Gasteiger partial charge in [-0.3, -0.25) is 4.98 Å². The predicted molar refractivity (Wildman–Crippen MR) is 81.5 cm³/mol. The number of hydrogen-bond donors (Lipinski definition) is 2. The fourth-order valence-corrected chi connectivity index (χ4v) is 2.12. The van der Waals surface area contributed by atoms with E-state index in [1.807, 2.05) is 25.1 Å². The van der Waals surface area contributed by atoms with Crippen LogP contribution in [0.2, 0.25) is 0 Å². The van der Waals surface area contributed by atoms with E-state index in [-0.39, 0.29) is 12.1 Å². The van der Waals surface area contributed by atoms with Crippen LogP contribution in [0.25, 0.3) is 0 Å². The van der Waals surface area contributed by atoms with E-state index in [1.54, 1.807) is 6.20 Å². The Balaban J connectivity index is 2.21. The number of nitrogens with zero attached hydrogens (tertiary/aromatic N) is 1. The van der Waals surface area contributed by atoms with E-state index in [4.69, 9.17) is 4.74 Å². The van der Waals surface area contributed by atoms with Crippen molar-refractivity contribution in [3.63, 3.8) is 0 Å². The standard InChI is InChI=1S/C16H28N2O2/c1-12(2)9-13(3)20-11-15(19)10-18-14(4)16-7-5-6-8-17-16/h5-8,12-15,18-19H,9-11H2,1-4H3. The first kappa shape index (κ1) is 17.1. The van der Waals surface area contributed by atoms with Crippen molar-refractivity contribution in [3.8, 4) is 0 Å². The number of hydrogen-bond acceptors (Lipinski definition) is 4. The minimum absolute atomic E-state index is 0.124. The quantitative estimate of drug-likeness (QED) is 0.730. The van der Waals surface area contributed by atoms with Crippen molar-refractivity contribution in [1.82, 2.24) is 10.3 Å². The Morgan fingerprint density at radius 1 is 1.25 bits per heavy atom. The summed E-state index contributed by atoms with van der Waals surface area (Å²) in [6.07, 6.45) is 2.50. The summed E-state index contributed by atoms with van der Waals surface area (Å²) in [5.74, 6) is 0.615. The van der Waals surface area contributed by atoms with Gasteiger partial charge in [0.25, 0.3) is 0 Å². The zero-order valence-corrected chi connectivity index (χ0v) is 13.0. The molecule has 1 heterocycles. The molecule has 0 saturated heterocycles. The fraction of sp³-hybridized carbons (Fsp3) is 0.688. The summed E-state index contributed by atoms with van der Waals surface area (Å²) in [4.78, 5) is 4.29. The number of ether oxygens (including phenoxy) is 1. The molecule has 0 aliphatic rings. The lowest BCUT2D eigenvalue weighted by Crippen LogP contribution is -2.33. The molecule has 0 spiro atoms. The number of aliphatic hydroxyl groups is 1. The number of nitrogens with one attached hydrogen (secondary N) is 1. The second-order valence-electron chi connectivity index (χ2n) is 5.81. The second kappa shape index (κ2) is 9.06. The van der Waals surface area contributed by atoms with Crippen LogP contribution >= 0.6 is 0 Å². The highest BCUT2D eigenvalue weighted by Gasteiger charge is 2.12. The Labute approximate surface area is 122 Å². The topological polar surface area (TPSA) is 54.4 Å². The van der Waals surface area contributed by atoms with Crippen LogP contribution < -0.4 is 5.32 Å².